The summed E-state index contributed by atoms with van der Waals surface area (Å²) in [6.45, 7) is 2.09. The number of benzene rings is 3. The van der Waals surface area contributed by atoms with Gasteiger partial charge < -0.3 is 9.64 Å². The lowest BCUT2D eigenvalue weighted by molar-refractivity contribution is -0.151. The molecule has 0 N–H and O–H groups in total. The van der Waals surface area contributed by atoms with Crippen molar-refractivity contribution in [3.05, 3.63) is 107 Å². The topological polar surface area (TPSA) is 29.5 Å². The summed E-state index contributed by atoms with van der Waals surface area (Å²) in [7, 11) is 2.07. The van der Waals surface area contributed by atoms with E-state index in [4.69, 9.17) is 16.3 Å². The minimum absolute atomic E-state index is 0.101. The monoisotopic (exact) mass is 447 g/mol. The Kier molecular flexibility index (Phi) is 7.62. The normalized spacial score (nSPS) is 19.1. The standard InChI is InChI=1S/C28H30ClNO2/c1-30-18-16-26(23-12-14-24(29)15-13-23)27(20-30)28(31)32-19-17-25(21-8-4-2-5-9-21)22-10-6-3-7-11-22/h2-15,25-27H,16-20H2,1H3/t26-,27+/m1/s1. The minimum atomic E-state index is -0.165. The third-order valence-corrected chi connectivity index (χ3v) is 6.72. The van der Waals surface area contributed by atoms with Gasteiger partial charge in [0.15, 0.2) is 0 Å². The van der Waals surface area contributed by atoms with E-state index in [0.717, 1.165) is 24.9 Å². The summed E-state index contributed by atoms with van der Waals surface area (Å²) in [5.74, 6) is 0.0968. The Morgan fingerprint density at radius 1 is 0.969 bits per heavy atom. The second-order valence-corrected chi connectivity index (χ2v) is 9.08. The Morgan fingerprint density at radius 2 is 1.56 bits per heavy atom. The summed E-state index contributed by atoms with van der Waals surface area (Å²) in [5.41, 5.74) is 3.65. The fourth-order valence-corrected chi connectivity index (χ4v) is 4.87. The molecule has 0 bridgehead atoms. The van der Waals surface area contributed by atoms with Gasteiger partial charge in [-0.25, -0.2) is 0 Å². The maximum Gasteiger partial charge on any atom is 0.310 e. The van der Waals surface area contributed by atoms with E-state index in [1.165, 1.54) is 11.1 Å². The van der Waals surface area contributed by atoms with Crippen LogP contribution in [0.15, 0.2) is 84.9 Å². The number of ether oxygens (including phenoxy) is 1. The van der Waals surface area contributed by atoms with Crippen molar-refractivity contribution in [2.24, 2.45) is 5.92 Å². The van der Waals surface area contributed by atoms with Crippen molar-refractivity contribution in [1.82, 2.24) is 4.90 Å². The van der Waals surface area contributed by atoms with Crippen molar-refractivity contribution < 1.29 is 9.53 Å². The molecule has 0 unspecified atom stereocenters. The van der Waals surface area contributed by atoms with Crippen LogP contribution in [0.1, 0.15) is 41.4 Å². The molecule has 3 aromatic carbocycles. The van der Waals surface area contributed by atoms with Crippen LogP contribution < -0.4 is 0 Å². The smallest absolute Gasteiger partial charge is 0.310 e. The molecule has 4 heteroatoms. The van der Waals surface area contributed by atoms with E-state index in [1.54, 1.807) is 0 Å². The van der Waals surface area contributed by atoms with Crippen molar-refractivity contribution >= 4 is 17.6 Å². The Labute approximate surface area is 196 Å². The van der Waals surface area contributed by atoms with Crippen molar-refractivity contribution in [2.75, 3.05) is 26.7 Å². The third-order valence-electron chi connectivity index (χ3n) is 6.47. The van der Waals surface area contributed by atoms with Crippen LogP contribution in [-0.4, -0.2) is 37.6 Å². The lowest BCUT2D eigenvalue weighted by atomic mass is 9.80. The molecule has 0 amide bonds. The van der Waals surface area contributed by atoms with Crippen LogP contribution >= 0.6 is 11.6 Å². The molecule has 0 aliphatic carbocycles. The number of carbonyl (C=O) groups excluding carboxylic acids is 1. The highest BCUT2D eigenvalue weighted by Gasteiger charge is 2.35. The molecule has 1 fully saturated rings. The van der Waals surface area contributed by atoms with Crippen LogP contribution in [0.2, 0.25) is 5.02 Å². The Bertz CT molecular complexity index is 951. The van der Waals surface area contributed by atoms with Gasteiger partial charge in [0.1, 0.15) is 0 Å². The van der Waals surface area contributed by atoms with Gasteiger partial charge in [0, 0.05) is 17.5 Å². The second-order valence-electron chi connectivity index (χ2n) is 8.65. The van der Waals surface area contributed by atoms with Crippen molar-refractivity contribution in [2.45, 2.75) is 24.7 Å². The summed E-state index contributed by atoms with van der Waals surface area (Å²) in [6.07, 6.45) is 1.70. The minimum Gasteiger partial charge on any atom is -0.465 e. The summed E-state index contributed by atoms with van der Waals surface area (Å²) in [5, 5.41) is 0.716. The van der Waals surface area contributed by atoms with E-state index < -0.39 is 0 Å². The van der Waals surface area contributed by atoms with Gasteiger partial charge in [0.2, 0.25) is 0 Å². The Morgan fingerprint density at radius 3 is 2.16 bits per heavy atom. The maximum atomic E-state index is 13.2. The molecule has 4 rings (SSSR count). The second kappa shape index (κ2) is 10.8. The highest BCUT2D eigenvalue weighted by atomic mass is 35.5. The van der Waals surface area contributed by atoms with Crippen LogP contribution in [0.4, 0.5) is 0 Å². The first-order valence-corrected chi connectivity index (χ1v) is 11.7. The van der Waals surface area contributed by atoms with E-state index in [-0.39, 0.29) is 23.7 Å². The molecular formula is C28H30ClNO2. The molecule has 0 radical (unpaired) electrons. The Hall–Kier alpha value is -2.62. The van der Waals surface area contributed by atoms with Crippen molar-refractivity contribution in [1.29, 1.82) is 0 Å². The van der Waals surface area contributed by atoms with Crippen LogP contribution in [0, 0.1) is 5.92 Å². The number of likely N-dealkylation sites (tertiary alicyclic amines) is 1. The number of halogens is 1. The van der Waals surface area contributed by atoms with Crippen LogP contribution in [-0.2, 0) is 9.53 Å². The first kappa shape index (κ1) is 22.6. The average molecular weight is 448 g/mol. The molecule has 0 aromatic heterocycles. The zero-order valence-electron chi connectivity index (χ0n) is 18.5. The van der Waals surface area contributed by atoms with E-state index in [9.17, 15) is 4.79 Å². The molecule has 32 heavy (non-hydrogen) atoms. The largest absolute Gasteiger partial charge is 0.465 e. The molecule has 2 atom stereocenters. The van der Waals surface area contributed by atoms with Crippen molar-refractivity contribution in [3.63, 3.8) is 0 Å². The van der Waals surface area contributed by atoms with E-state index in [0.29, 0.717) is 18.2 Å². The first-order chi connectivity index (χ1) is 15.6. The molecule has 3 nitrogen and oxygen atoms in total. The fourth-order valence-electron chi connectivity index (χ4n) is 4.74. The van der Waals surface area contributed by atoms with Gasteiger partial charge in [-0.15, -0.1) is 0 Å². The molecule has 3 aromatic rings. The molecule has 0 saturated carbocycles. The number of hydrogen-bond donors (Lipinski definition) is 0. The number of carbonyl (C=O) groups is 1. The van der Waals surface area contributed by atoms with Gasteiger partial charge in [0.25, 0.3) is 0 Å². The number of piperidine rings is 1. The van der Waals surface area contributed by atoms with Crippen LogP contribution in [0.25, 0.3) is 0 Å². The van der Waals surface area contributed by atoms with Gasteiger partial charge >= 0.3 is 5.97 Å². The molecule has 1 heterocycles. The quantitative estimate of drug-likeness (QED) is 0.407. The molecule has 1 aliphatic heterocycles. The Balaban J connectivity index is 1.44. The molecule has 0 spiro atoms. The van der Waals surface area contributed by atoms with Crippen LogP contribution in [0.5, 0.6) is 0 Å². The lowest BCUT2D eigenvalue weighted by Crippen LogP contribution is -2.41. The van der Waals surface area contributed by atoms with Gasteiger partial charge in [-0.3, -0.25) is 4.79 Å². The highest BCUT2D eigenvalue weighted by Crippen LogP contribution is 2.34. The predicted octanol–water partition coefficient (Wildman–Crippen LogP) is 6.14. The van der Waals surface area contributed by atoms with E-state index in [2.05, 4.69) is 60.5 Å². The van der Waals surface area contributed by atoms with Gasteiger partial charge in [-0.05, 0) is 61.2 Å². The maximum absolute atomic E-state index is 13.2. The summed E-state index contributed by atoms with van der Waals surface area (Å²) >= 11 is 6.07. The molecule has 166 valence electrons. The van der Waals surface area contributed by atoms with Gasteiger partial charge in [0.05, 0.1) is 12.5 Å². The highest BCUT2D eigenvalue weighted by molar-refractivity contribution is 6.30. The third kappa shape index (κ3) is 5.59. The zero-order valence-corrected chi connectivity index (χ0v) is 19.2. The number of esters is 1. The number of nitrogens with zero attached hydrogens (tertiary/aromatic N) is 1. The van der Waals surface area contributed by atoms with Gasteiger partial charge in [-0.2, -0.15) is 0 Å². The number of rotatable bonds is 7. The summed E-state index contributed by atoms with van der Waals surface area (Å²) < 4.78 is 5.89. The van der Waals surface area contributed by atoms with E-state index in [1.807, 2.05) is 36.4 Å². The first-order valence-electron chi connectivity index (χ1n) is 11.3. The lowest BCUT2D eigenvalue weighted by Gasteiger charge is -2.35. The molecule has 1 aliphatic rings. The fraction of sp³-hybridized carbons (Fsp3) is 0.321. The molecule has 1 saturated heterocycles. The zero-order chi connectivity index (χ0) is 22.3. The van der Waals surface area contributed by atoms with Crippen LogP contribution in [0.3, 0.4) is 0 Å². The van der Waals surface area contributed by atoms with Crippen molar-refractivity contribution in [3.8, 4) is 0 Å². The molecular weight excluding hydrogens is 418 g/mol. The SMILES string of the molecule is CN1CC[C@H](c2ccc(Cl)cc2)[C@@H](C(=O)OCCC(c2ccccc2)c2ccccc2)C1. The van der Waals surface area contributed by atoms with E-state index >= 15 is 0 Å². The summed E-state index contributed by atoms with van der Waals surface area (Å²) in [6, 6.07) is 28.8. The van der Waals surface area contributed by atoms with Gasteiger partial charge in [-0.1, -0.05) is 84.4 Å². The summed E-state index contributed by atoms with van der Waals surface area (Å²) in [4.78, 5) is 15.4. The predicted molar refractivity (Wildman–Crippen MR) is 130 cm³/mol. The average Bonchev–Trinajstić information content (AvgIpc) is 2.83. The number of hydrogen-bond acceptors (Lipinski definition) is 3.